The Morgan fingerprint density at radius 3 is 2.09 bits per heavy atom. The minimum absolute atomic E-state index is 0.186. The fourth-order valence-corrected chi connectivity index (χ4v) is 4.09. The highest BCUT2D eigenvalue weighted by atomic mass is 32.1. The average molecular weight is 479 g/mol. The number of carbonyl (C=O) groups excluding carboxylic acids is 2. The van der Waals surface area contributed by atoms with Gasteiger partial charge in [-0.2, -0.15) is 0 Å². The lowest BCUT2D eigenvalue weighted by atomic mass is 9.96. The van der Waals surface area contributed by atoms with Crippen molar-refractivity contribution in [1.29, 1.82) is 0 Å². The van der Waals surface area contributed by atoms with E-state index in [9.17, 15) is 9.59 Å². The molecule has 0 spiro atoms. The van der Waals surface area contributed by atoms with Gasteiger partial charge >= 0.3 is 0 Å². The summed E-state index contributed by atoms with van der Waals surface area (Å²) < 4.78 is 10.4. The number of thiophene rings is 1. The molecule has 0 bridgehead atoms. The highest BCUT2D eigenvalue weighted by molar-refractivity contribution is 7.10. The summed E-state index contributed by atoms with van der Waals surface area (Å²) in [5, 5.41) is 7.83. The van der Waals surface area contributed by atoms with Crippen molar-refractivity contribution < 1.29 is 19.1 Å². The predicted molar refractivity (Wildman–Crippen MR) is 136 cm³/mol. The molecule has 0 aliphatic rings. The highest BCUT2D eigenvalue weighted by Gasteiger charge is 2.21. The van der Waals surface area contributed by atoms with Gasteiger partial charge in [-0.3, -0.25) is 9.59 Å². The summed E-state index contributed by atoms with van der Waals surface area (Å²) in [4.78, 5) is 27.2. The van der Waals surface area contributed by atoms with Gasteiger partial charge in [0.15, 0.2) is 0 Å². The van der Waals surface area contributed by atoms with Crippen LogP contribution in [0.25, 0.3) is 6.08 Å². The molecule has 6 nitrogen and oxygen atoms in total. The lowest BCUT2D eigenvalue weighted by molar-refractivity contribution is -0.118. The normalized spacial score (nSPS) is 12.2. The standard InChI is InChI=1S/C27H30N2O4S/c1-18(2)16-24(19-7-11-21(32-3)12-8-19)28-27(31)25(17-23-6-5-15-34-23)29-26(30)20-9-13-22(33-4)14-10-20/h5-15,17-18,24H,16H2,1-4H3,(H,28,31)(H,29,30)/b25-17-/t24-/m1/s1. The zero-order valence-corrected chi connectivity index (χ0v) is 20.6. The molecule has 0 aliphatic carbocycles. The van der Waals surface area contributed by atoms with Crippen molar-refractivity contribution in [1.82, 2.24) is 10.6 Å². The molecule has 3 aromatic rings. The molecule has 1 heterocycles. The Hall–Kier alpha value is -3.58. The maximum absolute atomic E-state index is 13.4. The number of carbonyl (C=O) groups is 2. The SMILES string of the molecule is COc1ccc(C(=O)N/C(=C\c2cccs2)C(=O)N[C@H](CC(C)C)c2ccc(OC)cc2)cc1. The largest absolute Gasteiger partial charge is 0.497 e. The topological polar surface area (TPSA) is 76.7 Å². The molecule has 2 amide bonds. The molecule has 0 fully saturated rings. The minimum Gasteiger partial charge on any atom is -0.497 e. The van der Waals surface area contributed by atoms with Crippen LogP contribution in [0.3, 0.4) is 0 Å². The number of ether oxygens (including phenoxy) is 2. The summed E-state index contributed by atoms with van der Waals surface area (Å²) in [6.45, 7) is 4.22. The number of benzene rings is 2. The van der Waals surface area contributed by atoms with Crippen LogP contribution in [0.1, 0.15) is 47.1 Å². The predicted octanol–water partition coefficient (Wildman–Crippen LogP) is 5.44. The molecular weight excluding hydrogens is 448 g/mol. The molecule has 1 aromatic heterocycles. The lowest BCUT2D eigenvalue weighted by Crippen LogP contribution is -2.37. The van der Waals surface area contributed by atoms with Crippen molar-refractivity contribution in [2.45, 2.75) is 26.3 Å². The zero-order valence-electron chi connectivity index (χ0n) is 19.8. The van der Waals surface area contributed by atoms with Crippen molar-refractivity contribution in [2.75, 3.05) is 14.2 Å². The molecule has 2 N–H and O–H groups in total. The summed E-state index contributed by atoms with van der Waals surface area (Å²) >= 11 is 1.49. The van der Waals surface area contributed by atoms with Crippen LogP contribution < -0.4 is 20.1 Å². The summed E-state index contributed by atoms with van der Waals surface area (Å²) in [7, 11) is 3.19. The molecule has 2 aromatic carbocycles. The second kappa shape index (κ2) is 12.0. The number of amides is 2. The second-order valence-electron chi connectivity index (χ2n) is 8.18. The zero-order chi connectivity index (χ0) is 24.5. The molecule has 0 saturated carbocycles. The third-order valence-electron chi connectivity index (χ3n) is 5.21. The fourth-order valence-electron chi connectivity index (χ4n) is 3.43. The van der Waals surface area contributed by atoms with E-state index in [0.29, 0.717) is 17.2 Å². The second-order valence-corrected chi connectivity index (χ2v) is 9.16. The van der Waals surface area contributed by atoms with E-state index < -0.39 is 0 Å². The van der Waals surface area contributed by atoms with Crippen molar-refractivity contribution >= 4 is 29.2 Å². The average Bonchev–Trinajstić information content (AvgIpc) is 3.36. The van der Waals surface area contributed by atoms with Crippen LogP contribution in [0.15, 0.2) is 71.7 Å². The highest BCUT2D eigenvalue weighted by Crippen LogP contribution is 2.24. The van der Waals surface area contributed by atoms with Gasteiger partial charge in [-0.15, -0.1) is 11.3 Å². The fraction of sp³-hybridized carbons (Fsp3) is 0.259. The molecule has 0 unspecified atom stereocenters. The van der Waals surface area contributed by atoms with Crippen LogP contribution in [0.2, 0.25) is 0 Å². The monoisotopic (exact) mass is 478 g/mol. The molecule has 7 heteroatoms. The van der Waals surface area contributed by atoms with Crippen LogP contribution in [-0.4, -0.2) is 26.0 Å². The lowest BCUT2D eigenvalue weighted by Gasteiger charge is -2.22. The number of nitrogens with one attached hydrogen (secondary N) is 2. The molecule has 0 aliphatic heterocycles. The molecule has 3 rings (SSSR count). The van der Waals surface area contributed by atoms with E-state index in [2.05, 4.69) is 24.5 Å². The third kappa shape index (κ3) is 6.96. The van der Waals surface area contributed by atoms with E-state index in [-0.39, 0.29) is 23.6 Å². The Morgan fingerprint density at radius 1 is 0.941 bits per heavy atom. The van der Waals surface area contributed by atoms with E-state index in [1.807, 2.05) is 41.8 Å². The Labute approximate surface area is 204 Å². The molecule has 0 saturated heterocycles. The van der Waals surface area contributed by atoms with Crippen molar-refractivity contribution in [3.05, 3.63) is 87.7 Å². The van der Waals surface area contributed by atoms with Gasteiger partial charge in [0.05, 0.1) is 20.3 Å². The van der Waals surface area contributed by atoms with Crippen LogP contribution in [0.5, 0.6) is 11.5 Å². The van der Waals surface area contributed by atoms with Crippen molar-refractivity contribution in [3.8, 4) is 11.5 Å². The van der Waals surface area contributed by atoms with Gasteiger partial charge in [0, 0.05) is 10.4 Å². The molecule has 0 radical (unpaired) electrons. The first kappa shape index (κ1) is 25.1. The van der Waals surface area contributed by atoms with E-state index in [1.165, 1.54) is 11.3 Å². The van der Waals surface area contributed by atoms with E-state index in [4.69, 9.17) is 9.47 Å². The van der Waals surface area contributed by atoms with Crippen LogP contribution >= 0.6 is 11.3 Å². The molecule has 34 heavy (non-hydrogen) atoms. The van der Waals surface area contributed by atoms with E-state index >= 15 is 0 Å². The first-order valence-electron chi connectivity index (χ1n) is 11.0. The number of methoxy groups -OCH3 is 2. The smallest absolute Gasteiger partial charge is 0.268 e. The van der Waals surface area contributed by atoms with Crippen LogP contribution in [-0.2, 0) is 4.79 Å². The molecule has 178 valence electrons. The Morgan fingerprint density at radius 2 is 1.56 bits per heavy atom. The van der Waals surface area contributed by atoms with Crippen LogP contribution in [0.4, 0.5) is 0 Å². The summed E-state index contributed by atoms with van der Waals surface area (Å²) in [6.07, 6.45) is 2.44. The molecular formula is C27H30N2O4S. The van der Waals surface area contributed by atoms with Gasteiger partial charge in [-0.1, -0.05) is 32.0 Å². The van der Waals surface area contributed by atoms with Gasteiger partial charge in [-0.05, 0) is 71.8 Å². The summed E-state index contributed by atoms with van der Waals surface area (Å²) in [5.41, 5.74) is 1.59. The van der Waals surface area contributed by atoms with Gasteiger partial charge in [0.25, 0.3) is 11.8 Å². The summed E-state index contributed by atoms with van der Waals surface area (Å²) in [5.74, 6) is 1.04. The van der Waals surface area contributed by atoms with Crippen molar-refractivity contribution in [3.63, 3.8) is 0 Å². The third-order valence-corrected chi connectivity index (χ3v) is 6.02. The van der Waals surface area contributed by atoms with Gasteiger partial charge in [0.2, 0.25) is 0 Å². The van der Waals surface area contributed by atoms with Crippen molar-refractivity contribution in [2.24, 2.45) is 5.92 Å². The maximum atomic E-state index is 13.4. The first-order chi connectivity index (χ1) is 16.4. The molecule has 1 atom stereocenters. The quantitative estimate of drug-likeness (QED) is 0.381. The first-order valence-corrected chi connectivity index (χ1v) is 11.9. The number of hydrogen-bond acceptors (Lipinski definition) is 5. The van der Waals surface area contributed by atoms with Gasteiger partial charge < -0.3 is 20.1 Å². The Bertz CT molecular complexity index is 1100. The Balaban J connectivity index is 1.84. The van der Waals surface area contributed by atoms with Crippen LogP contribution in [0, 0.1) is 5.92 Å². The maximum Gasteiger partial charge on any atom is 0.268 e. The minimum atomic E-state index is -0.370. The Kier molecular flexibility index (Phi) is 8.87. The van der Waals surface area contributed by atoms with E-state index in [0.717, 1.165) is 22.6 Å². The summed E-state index contributed by atoms with van der Waals surface area (Å²) in [6, 6.07) is 18.0. The van der Waals surface area contributed by atoms with Gasteiger partial charge in [0.1, 0.15) is 17.2 Å². The van der Waals surface area contributed by atoms with E-state index in [1.54, 1.807) is 44.6 Å². The number of hydrogen-bond donors (Lipinski definition) is 2. The number of rotatable bonds is 10. The van der Waals surface area contributed by atoms with Gasteiger partial charge in [-0.25, -0.2) is 0 Å².